The monoisotopic (exact) mass is 620 g/mol. The van der Waals surface area contributed by atoms with Gasteiger partial charge in [-0.1, -0.05) is 239 Å². The predicted octanol–water partition coefficient (Wildman–Crippen LogP) is 15.0. The number of hydrogen-bond donors (Lipinski definition) is 1. The summed E-state index contributed by atoms with van der Waals surface area (Å²) in [5.41, 5.74) is 0. The Hall–Kier alpha value is -0.530. The SMILES string of the molecule is CCCCCCCCCCCCCCCCCCCCCCCNC(=O)CCCCCCCCCCCCCCCCCC. The van der Waals surface area contributed by atoms with Gasteiger partial charge in [0, 0.05) is 13.0 Å². The molecule has 0 rings (SSSR count). The molecule has 0 heterocycles. The fourth-order valence-corrected chi connectivity index (χ4v) is 6.71. The smallest absolute Gasteiger partial charge is 0.219 e. The molecule has 0 aliphatic rings. The molecular formula is C42H85NO. The molecule has 0 fully saturated rings. The molecule has 0 spiro atoms. The molecule has 1 N–H and O–H groups in total. The van der Waals surface area contributed by atoms with E-state index in [1.807, 2.05) is 0 Å². The number of carbonyl (C=O) groups excluding carboxylic acids is 1. The van der Waals surface area contributed by atoms with E-state index in [0.29, 0.717) is 0 Å². The van der Waals surface area contributed by atoms with Crippen LogP contribution in [0.2, 0.25) is 0 Å². The van der Waals surface area contributed by atoms with Crippen LogP contribution in [-0.2, 0) is 4.79 Å². The van der Waals surface area contributed by atoms with Gasteiger partial charge in [-0.2, -0.15) is 0 Å². The second-order valence-corrected chi connectivity index (χ2v) is 14.5. The highest BCUT2D eigenvalue weighted by atomic mass is 16.1. The van der Waals surface area contributed by atoms with Crippen molar-refractivity contribution in [1.29, 1.82) is 0 Å². The molecule has 0 saturated carbocycles. The summed E-state index contributed by atoms with van der Waals surface area (Å²) in [4.78, 5) is 12.1. The first-order valence-corrected chi connectivity index (χ1v) is 21.1. The van der Waals surface area contributed by atoms with Gasteiger partial charge in [0.05, 0.1) is 0 Å². The van der Waals surface area contributed by atoms with Crippen molar-refractivity contribution < 1.29 is 4.79 Å². The van der Waals surface area contributed by atoms with Crippen molar-refractivity contribution in [3.05, 3.63) is 0 Å². The molecule has 0 saturated heterocycles. The van der Waals surface area contributed by atoms with E-state index in [-0.39, 0.29) is 5.91 Å². The first kappa shape index (κ1) is 43.5. The van der Waals surface area contributed by atoms with Crippen molar-refractivity contribution >= 4 is 5.91 Å². The fraction of sp³-hybridized carbons (Fsp3) is 0.976. The Labute approximate surface area is 279 Å². The third-order valence-corrected chi connectivity index (χ3v) is 9.86. The lowest BCUT2D eigenvalue weighted by Crippen LogP contribution is -2.23. The topological polar surface area (TPSA) is 29.1 Å². The summed E-state index contributed by atoms with van der Waals surface area (Å²) < 4.78 is 0. The number of unbranched alkanes of at least 4 members (excludes halogenated alkanes) is 35. The predicted molar refractivity (Wildman–Crippen MR) is 200 cm³/mol. The fourth-order valence-electron chi connectivity index (χ4n) is 6.71. The molecule has 0 aromatic heterocycles. The van der Waals surface area contributed by atoms with Crippen molar-refractivity contribution in [2.45, 2.75) is 258 Å². The lowest BCUT2D eigenvalue weighted by Gasteiger charge is -2.06. The van der Waals surface area contributed by atoms with Crippen molar-refractivity contribution in [2.24, 2.45) is 0 Å². The Bertz CT molecular complexity index is 518. The molecule has 1 amide bonds. The van der Waals surface area contributed by atoms with E-state index in [1.165, 1.54) is 225 Å². The van der Waals surface area contributed by atoms with Crippen LogP contribution in [0.15, 0.2) is 0 Å². The van der Waals surface area contributed by atoms with Gasteiger partial charge in [-0.05, 0) is 12.8 Å². The lowest BCUT2D eigenvalue weighted by molar-refractivity contribution is -0.121. The Morgan fingerprint density at radius 3 is 0.750 bits per heavy atom. The molecule has 0 bridgehead atoms. The number of hydrogen-bond acceptors (Lipinski definition) is 1. The molecule has 2 heteroatoms. The van der Waals surface area contributed by atoms with Gasteiger partial charge in [0.1, 0.15) is 0 Å². The van der Waals surface area contributed by atoms with Gasteiger partial charge < -0.3 is 5.32 Å². The van der Waals surface area contributed by atoms with Crippen LogP contribution in [0.5, 0.6) is 0 Å². The summed E-state index contributed by atoms with van der Waals surface area (Å²) in [7, 11) is 0. The van der Waals surface area contributed by atoms with Gasteiger partial charge in [0.25, 0.3) is 0 Å². The Morgan fingerprint density at radius 1 is 0.295 bits per heavy atom. The molecular weight excluding hydrogens is 534 g/mol. The molecule has 0 aromatic rings. The van der Waals surface area contributed by atoms with E-state index in [2.05, 4.69) is 19.2 Å². The number of amides is 1. The zero-order chi connectivity index (χ0) is 31.9. The van der Waals surface area contributed by atoms with Gasteiger partial charge in [-0.15, -0.1) is 0 Å². The van der Waals surface area contributed by atoms with Gasteiger partial charge >= 0.3 is 0 Å². The normalized spacial score (nSPS) is 11.4. The molecule has 0 unspecified atom stereocenters. The standard InChI is InChI=1S/C42H85NO/c1-3-5-7-9-11-13-15-17-19-21-22-23-24-25-27-29-31-33-35-37-39-41-43-42(44)40-38-36-34-32-30-28-26-20-18-16-14-12-10-8-6-4-2/h3-41H2,1-2H3,(H,43,44). The van der Waals surface area contributed by atoms with Crippen LogP contribution in [0, 0.1) is 0 Å². The van der Waals surface area contributed by atoms with Gasteiger partial charge in [-0.3, -0.25) is 4.79 Å². The van der Waals surface area contributed by atoms with E-state index >= 15 is 0 Å². The van der Waals surface area contributed by atoms with E-state index in [9.17, 15) is 4.79 Å². The first-order valence-electron chi connectivity index (χ1n) is 21.1. The summed E-state index contributed by atoms with van der Waals surface area (Å²) in [5.74, 6) is 0.281. The minimum Gasteiger partial charge on any atom is -0.356 e. The Morgan fingerprint density at radius 2 is 0.500 bits per heavy atom. The third kappa shape index (κ3) is 39.5. The van der Waals surface area contributed by atoms with Crippen LogP contribution in [0.4, 0.5) is 0 Å². The summed E-state index contributed by atoms with van der Waals surface area (Å²) in [6.45, 7) is 5.48. The largest absolute Gasteiger partial charge is 0.356 e. The van der Waals surface area contributed by atoms with Gasteiger partial charge in [0.15, 0.2) is 0 Å². The summed E-state index contributed by atoms with van der Waals surface area (Å²) in [6, 6.07) is 0. The first-order chi connectivity index (χ1) is 21.8. The van der Waals surface area contributed by atoms with Crippen LogP contribution >= 0.6 is 0 Å². The van der Waals surface area contributed by atoms with E-state index < -0.39 is 0 Å². The maximum absolute atomic E-state index is 12.1. The minimum absolute atomic E-state index is 0.281. The lowest BCUT2D eigenvalue weighted by atomic mass is 10.0. The van der Waals surface area contributed by atoms with Crippen LogP contribution in [0.1, 0.15) is 258 Å². The van der Waals surface area contributed by atoms with E-state index in [4.69, 9.17) is 0 Å². The highest BCUT2D eigenvalue weighted by Gasteiger charge is 2.01. The van der Waals surface area contributed by atoms with Crippen LogP contribution in [-0.4, -0.2) is 12.5 Å². The van der Waals surface area contributed by atoms with Crippen LogP contribution < -0.4 is 5.32 Å². The molecule has 0 atom stereocenters. The average molecular weight is 620 g/mol. The van der Waals surface area contributed by atoms with Crippen LogP contribution in [0.3, 0.4) is 0 Å². The second-order valence-electron chi connectivity index (χ2n) is 14.5. The highest BCUT2D eigenvalue weighted by Crippen LogP contribution is 2.16. The third-order valence-electron chi connectivity index (χ3n) is 9.86. The van der Waals surface area contributed by atoms with E-state index in [0.717, 1.165) is 25.8 Å². The molecule has 0 aliphatic heterocycles. The van der Waals surface area contributed by atoms with Gasteiger partial charge in [-0.25, -0.2) is 0 Å². The number of rotatable bonds is 39. The maximum Gasteiger partial charge on any atom is 0.219 e. The Kier molecular flexibility index (Phi) is 40.0. The maximum atomic E-state index is 12.1. The van der Waals surface area contributed by atoms with Crippen molar-refractivity contribution in [2.75, 3.05) is 6.54 Å². The van der Waals surface area contributed by atoms with Crippen molar-refractivity contribution in [3.8, 4) is 0 Å². The van der Waals surface area contributed by atoms with Crippen molar-refractivity contribution in [3.63, 3.8) is 0 Å². The summed E-state index contributed by atoms with van der Waals surface area (Å²) in [6.07, 6.45) is 52.7. The van der Waals surface area contributed by atoms with Crippen molar-refractivity contribution in [1.82, 2.24) is 5.32 Å². The molecule has 44 heavy (non-hydrogen) atoms. The zero-order valence-corrected chi connectivity index (χ0v) is 31.0. The van der Waals surface area contributed by atoms with Crippen LogP contribution in [0.25, 0.3) is 0 Å². The minimum atomic E-state index is 0.281. The number of carbonyl (C=O) groups is 1. The molecule has 264 valence electrons. The molecule has 0 radical (unpaired) electrons. The highest BCUT2D eigenvalue weighted by molar-refractivity contribution is 5.75. The quantitative estimate of drug-likeness (QED) is 0.0681. The van der Waals surface area contributed by atoms with Gasteiger partial charge in [0.2, 0.25) is 5.91 Å². The summed E-state index contributed by atoms with van der Waals surface area (Å²) >= 11 is 0. The zero-order valence-electron chi connectivity index (χ0n) is 31.0. The van der Waals surface area contributed by atoms with E-state index in [1.54, 1.807) is 0 Å². The average Bonchev–Trinajstić information content (AvgIpc) is 3.03. The second kappa shape index (κ2) is 40.5. The molecule has 0 aliphatic carbocycles. The number of nitrogens with one attached hydrogen (secondary N) is 1. The Balaban J connectivity index is 3.14. The molecule has 2 nitrogen and oxygen atoms in total. The molecule has 0 aromatic carbocycles. The summed E-state index contributed by atoms with van der Waals surface area (Å²) in [5, 5.41) is 3.16.